The van der Waals surface area contributed by atoms with Crippen molar-refractivity contribution >= 4 is 28.9 Å². The molecule has 36 heavy (non-hydrogen) atoms. The molecule has 0 radical (unpaired) electrons. The molecule has 0 bridgehead atoms. The van der Waals surface area contributed by atoms with Crippen molar-refractivity contribution in [2.24, 2.45) is 0 Å². The minimum Gasteiger partial charge on any atom is -0.495 e. The zero-order valence-corrected chi connectivity index (χ0v) is 20.7. The lowest BCUT2D eigenvalue weighted by Crippen LogP contribution is -2.32. The number of methoxy groups -OCH3 is 1. The van der Waals surface area contributed by atoms with E-state index in [4.69, 9.17) is 17.0 Å². The van der Waals surface area contributed by atoms with E-state index in [1.54, 1.807) is 13.3 Å². The van der Waals surface area contributed by atoms with Crippen LogP contribution in [0.2, 0.25) is 0 Å². The number of pyridine rings is 1. The summed E-state index contributed by atoms with van der Waals surface area (Å²) in [7, 11) is 1.59. The molecule has 0 unspecified atom stereocenters. The number of nitrogens with one attached hydrogen (secondary N) is 2. The maximum Gasteiger partial charge on any atom is 0.226 e. The van der Waals surface area contributed by atoms with Crippen LogP contribution in [0.3, 0.4) is 0 Å². The van der Waals surface area contributed by atoms with E-state index in [1.165, 1.54) is 0 Å². The number of anilines is 1. The Hall–Kier alpha value is -4.17. The number of rotatable bonds is 8. The third kappa shape index (κ3) is 4.94. The van der Waals surface area contributed by atoms with Gasteiger partial charge in [0.15, 0.2) is 5.11 Å². The van der Waals surface area contributed by atoms with Crippen molar-refractivity contribution in [1.29, 1.82) is 0 Å². The van der Waals surface area contributed by atoms with Crippen LogP contribution in [-0.2, 0) is 4.79 Å². The van der Waals surface area contributed by atoms with Gasteiger partial charge in [0.25, 0.3) is 0 Å². The van der Waals surface area contributed by atoms with E-state index in [2.05, 4.69) is 49.5 Å². The second kappa shape index (κ2) is 10.6. The van der Waals surface area contributed by atoms with Crippen molar-refractivity contribution in [2.45, 2.75) is 18.5 Å². The maximum atomic E-state index is 12.9. The molecule has 0 aliphatic carbocycles. The normalized spacial score (nSPS) is 17.0. The van der Waals surface area contributed by atoms with E-state index < -0.39 is 0 Å². The van der Waals surface area contributed by atoms with Crippen molar-refractivity contribution in [3.63, 3.8) is 0 Å². The molecule has 7 nitrogen and oxygen atoms in total. The van der Waals surface area contributed by atoms with Crippen LogP contribution in [0.4, 0.5) is 5.69 Å². The minimum absolute atomic E-state index is 0.107. The molecule has 8 heteroatoms. The fraction of sp³-hybridized carbons (Fsp3) is 0.179. The van der Waals surface area contributed by atoms with Gasteiger partial charge in [-0.15, -0.1) is 0 Å². The molecule has 1 aliphatic heterocycles. The summed E-state index contributed by atoms with van der Waals surface area (Å²) in [6, 6.07) is 25.3. The summed E-state index contributed by atoms with van der Waals surface area (Å²) in [5, 5.41) is 7.00. The highest BCUT2D eigenvalue weighted by Gasteiger charge is 2.40. The van der Waals surface area contributed by atoms with Crippen molar-refractivity contribution in [2.75, 3.05) is 19.0 Å². The van der Waals surface area contributed by atoms with Crippen LogP contribution in [0.15, 0.2) is 97.5 Å². The highest BCUT2D eigenvalue weighted by atomic mass is 32.1. The zero-order valence-electron chi connectivity index (χ0n) is 19.9. The zero-order chi connectivity index (χ0) is 24.9. The number of aromatic nitrogens is 2. The maximum absolute atomic E-state index is 12.9. The van der Waals surface area contributed by atoms with Crippen LogP contribution < -0.4 is 15.4 Å². The van der Waals surface area contributed by atoms with Gasteiger partial charge in [0, 0.05) is 37.2 Å². The average molecular weight is 498 g/mol. The SMILES string of the molecule is COc1ccccc1NC(=O)CCN1C(=S)N[C@H](c2ccccn2)[C@@H]1c1ccn(-c2ccccc2)c1. The molecule has 2 aromatic carbocycles. The molecule has 1 aliphatic rings. The number of hydrogen-bond donors (Lipinski definition) is 2. The lowest BCUT2D eigenvalue weighted by Gasteiger charge is -2.27. The first-order valence-electron chi connectivity index (χ1n) is 11.8. The fourth-order valence-electron chi connectivity index (χ4n) is 4.54. The standard InChI is InChI=1S/C28H27N5O2S/c1-35-24-13-6-5-11-22(24)30-25(34)15-18-33-27(26(31-28(33)36)23-12-7-8-16-29-23)20-14-17-32(19-20)21-9-3-2-4-10-21/h2-14,16-17,19,26-27H,15,18H2,1H3,(H,30,34)(H,31,36)/t26-,27+/m1/s1. The van der Waals surface area contributed by atoms with Gasteiger partial charge in [-0.05, 0) is 60.2 Å². The predicted octanol–water partition coefficient (Wildman–Crippen LogP) is 4.88. The number of ether oxygens (including phenoxy) is 1. The molecule has 1 amide bonds. The first-order chi connectivity index (χ1) is 17.6. The van der Waals surface area contributed by atoms with Gasteiger partial charge in [-0.3, -0.25) is 9.78 Å². The lowest BCUT2D eigenvalue weighted by molar-refractivity contribution is -0.116. The predicted molar refractivity (Wildman–Crippen MR) is 144 cm³/mol. The molecular weight excluding hydrogens is 470 g/mol. The van der Waals surface area contributed by atoms with Crippen molar-refractivity contribution < 1.29 is 9.53 Å². The summed E-state index contributed by atoms with van der Waals surface area (Å²) < 4.78 is 7.45. The van der Waals surface area contributed by atoms with E-state index in [-0.39, 0.29) is 24.4 Å². The van der Waals surface area contributed by atoms with Crippen molar-refractivity contribution in [3.05, 3.63) is 109 Å². The second-order valence-corrected chi connectivity index (χ2v) is 8.89. The van der Waals surface area contributed by atoms with Crippen LogP contribution in [0.25, 0.3) is 5.69 Å². The molecule has 1 saturated heterocycles. The number of nitrogens with zero attached hydrogens (tertiary/aromatic N) is 3. The summed E-state index contributed by atoms with van der Waals surface area (Å²) in [6.45, 7) is 0.456. The van der Waals surface area contributed by atoms with E-state index >= 15 is 0 Å². The third-order valence-corrected chi connectivity index (χ3v) is 6.62. The van der Waals surface area contributed by atoms with Gasteiger partial charge < -0.3 is 24.8 Å². The van der Waals surface area contributed by atoms with Gasteiger partial charge in [-0.1, -0.05) is 36.4 Å². The van der Waals surface area contributed by atoms with E-state index in [0.29, 0.717) is 23.1 Å². The van der Waals surface area contributed by atoms with Crippen LogP contribution in [0, 0.1) is 0 Å². The number of amides is 1. The van der Waals surface area contributed by atoms with Gasteiger partial charge in [0.2, 0.25) is 5.91 Å². The number of para-hydroxylation sites is 3. The Morgan fingerprint density at radius 1 is 1.06 bits per heavy atom. The first kappa shape index (κ1) is 23.6. The number of carbonyl (C=O) groups is 1. The van der Waals surface area contributed by atoms with Gasteiger partial charge in [-0.2, -0.15) is 0 Å². The summed E-state index contributed by atoms with van der Waals surface area (Å²) >= 11 is 5.74. The van der Waals surface area contributed by atoms with Gasteiger partial charge in [0.05, 0.1) is 30.6 Å². The van der Waals surface area contributed by atoms with E-state index in [0.717, 1.165) is 16.9 Å². The molecule has 4 aromatic rings. The fourth-order valence-corrected chi connectivity index (χ4v) is 4.87. The summed E-state index contributed by atoms with van der Waals surface area (Å²) in [4.78, 5) is 19.5. The average Bonchev–Trinajstić information content (AvgIpc) is 3.53. The monoisotopic (exact) mass is 497 g/mol. The Morgan fingerprint density at radius 2 is 1.83 bits per heavy atom. The number of thiocarbonyl (C=S) groups is 1. The number of carbonyl (C=O) groups excluding carboxylic acids is 1. The number of benzene rings is 2. The van der Waals surface area contributed by atoms with Crippen molar-refractivity contribution in [3.8, 4) is 11.4 Å². The van der Waals surface area contributed by atoms with Crippen LogP contribution in [0.5, 0.6) is 5.75 Å². The number of hydrogen-bond acceptors (Lipinski definition) is 4. The second-order valence-electron chi connectivity index (χ2n) is 8.51. The molecule has 3 heterocycles. The molecule has 0 saturated carbocycles. The van der Waals surface area contributed by atoms with Crippen LogP contribution in [-0.4, -0.2) is 39.1 Å². The highest BCUT2D eigenvalue weighted by molar-refractivity contribution is 7.80. The van der Waals surface area contributed by atoms with Gasteiger partial charge in [-0.25, -0.2) is 0 Å². The molecule has 182 valence electrons. The quantitative estimate of drug-likeness (QED) is 0.338. The molecule has 5 rings (SSSR count). The lowest BCUT2D eigenvalue weighted by atomic mass is 9.99. The topological polar surface area (TPSA) is 71.4 Å². The summed E-state index contributed by atoms with van der Waals surface area (Å²) in [5.41, 5.74) is 3.72. The van der Waals surface area contributed by atoms with Crippen LogP contribution >= 0.6 is 12.2 Å². The molecule has 0 spiro atoms. The molecule has 1 fully saturated rings. The molecule has 2 N–H and O–H groups in total. The van der Waals surface area contributed by atoms with E-state index in [9.17, 15) is 4.79 Å². The third-order valence-electron chi connectivity index (χ3n) is 6.27. The minimum atomic E-state index is -0.136. The Kier molecular flexibility index (Phi) is 6.95. The summed E-state index contributed by atoms with van der Waals surface area (Å²) in [5.74, 6) is 0.517. The first-order valence-corrected chi connectivity index (χ1v) is 12.2. The Labute approximate surface area is 215 Å². The Balaban J connectivity index is 1.39. The summed E-state index contributed by atoms with van der Waals surface area (Å²) in [6.07, 6.45) is 6.22. The molecular formula is C28H27N5O2S. The van der Waals surface area contributed by atoms with Crippen molar-refractivity contribution in [1.82, 2.24) is 19.8 Å². The smallest absolute Gasteiger partial charge is 0.226 e. The van der Waals surface area contributed by atoms with Crippen LogP contribution in [0.1, 0.15) is 29.8 Å². The molecule has 2 aromatic heterocycles. The molecule has 2 atom stereocenters. The Bertz CT molecular complexity index is 1340. The largest absolute Gasteiger partial charge is 0.495 e. The Morgan fingerprint density at radius 3 is 2.61 bits per heavy atom. The van der Waals surface area contributed by atoms with Gasteiger partial charge in [0.1, 0.15) is 5.75 Å². The van der Waals surface area contributed by atoms with Gasteiger partial charge >= 0.3 is 0 Å². The van der Waals surface area contributed by atoms with E-state index in [1.807, 2.05) is 66.9 Å². The highest BCUT2D eigenvalue weighted by Crippen LogP contribution is 2.39.